The summed E-state index contributed by atoms with van der Waals surface area (Å²) in [6, 6.07) is 3.62. The van der Waals surface area contributed by atoms with Crippen LogP contribution >= 0.6 is 11.6 Å². The molecule has 0 saturated carbocycles. The molecule has 2 N–H and O–H groups in total. The number of esters is 1. The van der Waals surface area contributed by atoms with E-state index in [4.69, 9.17) is 35.3 Å². The number of amides is 2. The third-order valence-electron chi connectivity index (χ3n) is 8.26. The Hall–Kier alpha value is -3.12. The van der Waals surface area contributed by atoms with Crippen molar-refractivity contribution in [2.45, 2.75) is 82.7 Å². The Labute approximate surface area is 250 Å². The Bertz CT molecular complexity index is 1300. The summed E-state index contributed by atoms with van der Waals surface area (Å²) in [6.45, 7) is 6.77. The summed E-state index contributed by atoms with van der Waals surface area (Å²) in [5, 5.41) is 14.3. The number of hydrogen-bond acceptors (Lipinski definition) is 9. The Balaban J connectivity index is 1.79. The van der Waals surface area contributed by atoms with Gasteiger partial charge in [0.2, 0.25) is 5.91 Å². The molecular weight excluding hydrogens is 568 g/mol. The molecule has 0 unspecified atom stereocenters. The van der Waals surface area contributed by atoms with Gasteiger partial charge in [0.05, 0.1) is 25.3 Å². The van der Waals surface area contributed by atoms with Gasteiger partial charge in [-0.2, -0.15) is 0 Å². The van der Waals surface area contributed by atoms with Crippen molar-refractivity contribution in [2.75, 3.05) is 26.2 Å². The summed E-state index contributed by atoms with van der Waals surface area (Å²) in [7, 11) is 4.54. The number of carbonyl (C=O) groups excluding carboxylic acids is 3. The smallest absolute Gasteiger partial charge is 0.409 e. The van der Waals surface area contributed by atoms with Crippen molar-refractivity contribution < 1.29 is 43.2 Å². The summed E-state index contributed by atoms with van der Waals surface area (Å²) < 4.78 is 28.4. The van der Waals surface area contributed by atoms with Gasteiger partial charge in [0, 0.05) is 33.4 Å². The largest absolute Gasteiger partial charge is 0.495 e. The molecular formula is C30H39ClN2O9. The molecule has 0 spiro atoms. The summed E-state index contributed by atoms with van der Waals surface area (Å²) in [4.78, 5) is 39.7. The van der Waals surface area contributed by atoms with E-state index in [1.807, 2.05) is 26.0 Å². The Morgan fingerprint density at radius 3 is 2.62 bits per heavy atom. The first-order valence-corrected chi connectivity index (χ1v) is 14.2. The number of aliphatic hydroxyl groups is 1. The number of allylic oxidation sites excluding steroid dienone is 3. The number of fused-ring (bicyclic) bond motifs is 5. The van der Waals surface area contributed by atoms with E-state index >= 15 is 0 Å². The van der Waals surface area contributed by atoms with E-state index in [1.54, 1.807) is 32.2 Å². The van der Waals surface area contributed by atoms with E-state index in [0.717, 1.165) is 11.1 Å². The van der Waals surface area contributed by atoms with Gasteiger partial charge < -0.3 is 33.7 Å². The van der Waals surface area contributed by atoms with Crippen LogP contribution in [0.25, 0.3) is 0 Å². The first kappa shape index (κ1) is 31.8. The van der Waals surface area contributed by atoms with Gasteiger partial charge in [-0.25, -0.2) is 4.79 Å². The van der Waals surface area contributed by atoms with E-state index in [0.29, 0.717) is 17.9 Å². The highest BCUT2D eigenvalue weighted by molar-refractivity contribution is 6.35. The quantitative estimate of drug-likeness (QED) is 0.390. The summed E-state index contributed by atoms with van der Waals surface area (Å²) in [6.07, 6.45) is 1.67. The standard InChI is InChI=1S/C30H39ClN2O9/c1-16-9-8-10-23(39-7)30(37)15-22(41-28(36)32-30)17(2)27-29(4,42-27)24(40-18(3)34)14-25(35)33(5)20-12-19(11-16)13-21(38-6)26(20)31/h8-10,12-13,17,22-24,27,37H,11,14-15H2,1-7H3,(H,32,36)/b10-8+,16-9+/t17-,22+,23-,24-,27+,29+,30+/m1/s1. The lowest BCUT2D eigenvalue weighted by Crippen LogP contribution is -2.63. The molecule has 0 radical (unpaired) electrons. The van der Waals surface area contributed by atoms with Crippen LogP contribution in [0.3, 0.4) is 0 Å². The summed E-state index contributed by atoms with van der Waals surface area (Å²) in [5.41, 5.74) is -0.570. The number of methoxy groups -OCH3 is 2. The Kier molecular flexibility index (Phi) is 9.27. The number of ether oxygens (including phenoxy) is 5. The zero-order chi connectivity index (χ0) is 31.0. The number of benzene rings is 1. The van der Waals surface area contributed by atoms with Gasteiger partial charge in [0.15, 0.2) is 5.72 Å². The van der Waals surface area contributed by atoms with Gasteiger partial charge >= 0.3 is 12.1 Å². The zero-order valence-corrected chi connectivity index (χ0v) is 25.7. The highest BCUT2D eigenvalue weighted by Crippen LogP contribution is 2.49. The molecule has 12 heteroatoms. The molecule has 4 rings (SSSR count). The predicted molar refractivity (Wildman–Crippen MR) is 154 cm³/mol. The molecule has 2 amide bonds. The second-order valence-electron chi connectivity index (χ2n) is 11.4. The molecule has 0 aliphatic carbocycles. The van der Waals surface area contributed by atoms with Gasteiger partial charge in [-0.1, -0.05) is 42.3 Å². The lowest BCUT2D eigenvalue weighted by molar-refractivity contribution is -0.151. The van der Waals surface area contributed by atoms with Gasteiger partial charge in [-0.15, -0.1) is 0 Å². The van der Waals surface area contributed by atoms with Crippen LogP contribution in [-0.4, -0.2) is 80.1 Å². The van der Waals surface area contributed by atoms with Crippen LogP contribution in [0.1, 0.15) is 46.1 Å². The number of nitrogens with one attached hydrogen (secondary N) is 1. The molecule has 3 heterocycles. The van der Waals surface area contributed by atoms with Crippen molar-refractivity contribution in [1.29, 1.82) is 0 Å². The average Bonchev–Trinajstić information content (AvgIpc) is 3.61. The molecule has 42 heavy (non-hydrogen) atoms. The highest BCUT2D eigenvalue weighted by atomic mass is 35.5. The minimum atomic E-state index is -1.76. The van der Waals surface area contributed by atoms with Gasteiger partial charge in [-0.05, 0) is 38.0 Å². The highest BCUT2D eigenvalue weighted by Gasteiger charge is 2.64. The maximum atomic E-state index is 13.6. The molecule has 3 aliphatic rings. The van der Waals surface area contributed by atoms with E-state index in [1.165, 1.54) is 26.0 Å². The van der Waals surface area contributed by atoms with Crippen molar-refractivity contribution in [1.82, 2.24) is 5.32 Å². The van der Waals surface area contributed by atoms with Crippen LogP contribution in [-0.2, 0) is 35.0 Å². The number of nitrogens with zero attached hydrogens (tertiary/aromatic N) is 1. The molecule has 1 aromatic carbocycles. The van der Waals surface area contributed by atoms with Crippen LogP contribution in [0.5, 0.6) is 5.75 Å². The van der Waals surface area contributed by atoms with E-state index in [2.05, 4.69) is 5.32 Å². The van der Waals surface area contributed by atoms with Crippen LogP contribution in [0.15, 0.2) is 35.9 Å². The van der Waals surface area contributed by atoms with Crippen LogP contribution in [0.4, 0.5) is 10.5 Å². The van der Waals surface area contributed by atoms with Crippen molar-refractivity contribution >= 4 is 35.3 Å². The number of carbonyl (C=O) groups is 3. The first-order chi connectivity index (χ1) is 19.7. The second-order valence-corrected chi connectivity index (χ2v) is 11.8. The van der Waals surface area contributed by atoms with Gasteiger partial charge in [0.25, 0.3) is 0 Å². The van der Waals surface area contributed by atoms with Gasteiger partial charge in [-0.3, -0.25) is 14.9 Å². The molecule has 7 atom stereocenters. The Morgan fingerprint density at radius 1 is 1.26 bits per heavy atom. The minimum Gasteiger partial charge on any atom is -0.495 e. The average molecular weight is 607 g/mol. The number of hydrogen-bond donors (Lipinski definition) is 2. The van der Waals surface area contributed by atoms with Gasteiger partial charge in [0.1, 0.15) is 34.7 Å². The number of epoxide rings is 1. The summed E-state index contributed by atoms with van der Waals surface area (Å²) >= 11 is 6.64. The fraction of sp³-hybridized carbons (Fsp3) is 0.567. The SMILES string of the molecule is COc1cc2cc(c1Cl)N(C)C(=O)C[C@@H](OC(C)=O)[C@]1(C)O[C@H]1[C@H](C)[C@@H]1C[C@@](O)(NC(=O)O1)[C@H](OC)/C=C/C=C(\C)C2. The number of halogens is 1. The van der Waals surface area contributed by atoms with E-state index in [9.17, 15) is 19.5 Å². The minimum absolute atomic E-state index is 0.00538. The topological polar surface area (TPSA) is 136 Å². The monoisotopic (exact) mass is 606 g/mol. The molecule has 0 aromatic heterocycles. The molecule has 11 nitrogen and oxygen atoms in total. The van der Waals surface area contributed by atoms with Crippen molar-refractivity contribution in [2.24, 2.45) is 5.92 Å². The maximum Gasteiger partial charge on any atom is 0.409 e. The second kappa shape index (κ2) is 12.2. The van der Waals surface area contributed by atoms with Crippen LogP contribution in [0.2, 0.25) is 5.02 Å². The normalized spacial score (nSPS) is 35.6. The third kappa shape index (κ3) is 6.44. The molecule has 3 aliphatic heterocycles. The van der Waals surface area contributed by atoms with Crippen molar-refractivity contribution in [3.63, 3.8) is 0 Å². The predicted octanol–water partition coefficient (Wildman–Crippen LogP) is 3.69. The van der Waals surface area contributed by atoms with E-state index in [-0.39, 0.29) is 23.8 Å². The fourth-order valence-electron chi connectivity index (χ4n) is 5.81. The third-order valence-corrected chi connectivity index (χ3v) is 8.64. The zero-order valence-electron chi connectivity index (χ0n) is 24.9. The lowest BCUT2D eigenvalue weighted by atomic mass is 9.83. The van der Waals surface area contributed by atoms with Crippen LogP contribution < -0.4 is 15.0 Å². The molecule has 1 aromatic rings. The number of rotatable bonds is 3. The number of anilines is 1. The molecule has 2 saturated heterocycles. The van der Waals surface area contributed by atoms with Crippen molar-refractivity contribution in [3.8, 4) is 5.75 Å². The molecule has 230 valence electrons. The lowest BCUT2D eigenvalue weighted by Gasteiger charge is -2.42. The van der Waals surface area contributed by atoms with Crippen LogP contribution in [0, 0.1) is 5.92 Å². The first-order valence-electron chi connectivity index (χ1n) is 13.8. The molecule has 4 bridgehead atoms. The van der Waals surface area contributed by atoms with Crippen molar-refractivity contribution in [3.05, 3.63) is 46.5 Å². The van der Waals surface area contributed by atoms with E-state index < -0.39 is 53.7 Å². The fourth-order valence-corrected chi connectivity index (χ4v) is 6.12. The molecule has 2 fully saturated rings. The maximum absolute atomic E-state index is 13.6. The summed E-state index contributed by atoms with van der Waals surface area (Å²) in [5.74, 6) is -0.951. The Morgan fingerprint density at radius 2 is 1.98 bits per heavy atom. The number of alkyl carbamates (subject to hydrolysis) is 1.